The maximum absolute atomic E-state index is 13.2. The topological polar surface area (TPSA) is 18.5 Å². The minimum Gasteiger partial charge on any atom is -0.403 e. The molecule has 0 unspecified atom stereocenters. The van der Waals surface area contributed by atoms with Gasteiger partial charge >= 0.3 is 7.12 Å². The van der Waals surface area contributed by atoms with Crippen LogP contribution in [0.15, 0.2) is 18.2 Å². The molecule has 0 aromatic heterocycles. The van der Waals surface area contributed by atoms with E-state index in [1.54, 1.807) is 6.07 Å². The van der Waals surface area contributed by atoms with Crippen LogP contribution in [-0.4, -0.2) is 18.3 Å². The zero-order valence-electron chi connectivity index (χ0n) is 11.1. The van der Waals surface area contributed by atoms with Crippen LogP contribution in [0.3, 0.4) is 0 Å². The molecule has 0 amide bonds. The maximum Gasteiger partial charge on any atom is 0.462 e. The molecule has 1 heterocycles. The summed E-state index contributed by atoms with van der Waals surface area (Å²) in [6.07, 6.45) is 0.490. The quantitative estimate of drug-likeness (QED) is 0.764. The van der Waals surface area contributed by atoms with Crippen molar-refractivity contribution in [2.75, 3.05) is 0 Å². The van der Waals surface area contributed by atoms with E-state index in [-0.39, 0.29) is 24.1 Å². The molecule has 1 aliphatic heterocycles. The number of hydrogen-bond acceptors (Lipinski definition) is 2. The van der Waals surface area contributed by atoms with E-state index in [4.69, 9.17) is 20.9 Å². The highest BCUT2D eigenvalue weighted by Crippen LogP contribution is 2.37. The van der Waals surface area contributed by atoms with Gasteiger partial charge in [0.15, 0.2) is 0 Å². The highest BCUT2D eigenvalue weighted by atomic mass is 35.5. The van der Waals surface area contributed by atoms with Crippen molar-refractivity contribution in [2.24, 2.45) is 0 Å². The second-order valence-electron chi connectivity index (χ2n) is 5.67. The van der Waals surface area contributed by atoms with Crippen molar-refractivity contribution in [1.82, 2.24) is 0 Å². The van der Waals surface area contributed by atoms with E-state index in [1.165, 1.54) is 12.1 Å². The minimum atomic E-state index is -0.368. The van der Waals surface area contributed by atoms with Gasteiger partial charge in [-0.05, 0) is 51.5 Å². The van der Waals surface area contributed by atoms with Crippen LogP contribution in [0, 0.1) is 5.82 Å². The fourth-order valence-corrected chi connectivity index (χ4v) is 2.21. The number of halogens is 2. The molecule has 1 aromatic rings. The average molecular weight is 271 g/mol. The van der Waals surface area contributed by atoms with E-state index in [0.29, 0.717) is 11.3 Å². The molecule has 1 aliphatic rings. The fourth-order valence-electron chi connectivity index (χ4n) is 1.97. The molecule has 0 N–H and O–H groups in total. The smallest absolute Gasteiger partial charge is 0.403 e. The first-order valence-electron chi connectivity index (χ1n) is 6.00. The van der Waals surface area contributed by atoms with Crippen LogP contribution in [0.5, 0.6) is 0 Å². The van der Waals surface area contributed by atoms with Crippen LogP contribution in [-0.2, 0) is 15.6 Å². The van der Waals surface area contributed by atoms with E-state index in [1.807, 2.05) is 27.7 Å². The van der Waals surface area contributed by atoms with Gasteiger partial charge in [0.2, 0.25) is 0 Å². The molecule has 1 aromatic carbocycles. The molecule has 1 saturated heterocycles. The van der Waals surface area contributed by atoms with Crippen LogP contribution in [0.1, 0.15) is 33.3 Å². The Morgan fingerprint density at radius 3 is 2.17 bits per heavy atom. The van der Waals surface area contributed by atoms with Crippen molar-refractivity contribution >= 4 is 18.7 Å². The summed E-state index contributed by atoms with van der Waals surface area (Å²) in [7, 11) is -0.368. The van der Waals surface area contributed by atoms with Gasteiger partial charge in [0.25, 0.3) is 0 Å². The summed E-state index contributed by atoms with van der Waals surface area (Å²) in [6, 6.07) is 4.47. The van der Waals surface area contributed by atoms with E-state index in [2.05, 4.69) is 0 Å². The molecule has 1 fully saturated rings. The lowest BCUT2D eigenvalue weighted by Crippen LogP contribution is -2.41. The Kier molecular flexibility index (Phi) is 3.47. The van der Waals surface area contributed by atoms with Crippen molar-refractivity contribution in [1.29, 1.82) is 0 Å². The normalized spacial score (nSPS) is 21.3. The third-order valence-electron chi connectivity index (χ3n) is 3.63. The van der Waals surface area contributed by atoms with Crippen LogP contribution in [0.4, 0.5) is 4.39 Å². The minimum absolute atomic E-state index is 0.339. The van der Waals surface area contributed by atoms with Gasteiger partial charge in [-0.3, -0.25) is 0 Å². The monoisotopic (exact) mass is 270 g/mol. The maximum atomic E-state index is 13.2. The zero-order chi connectivity index (χ0) is 13.6. The number of rotatable bonds is 2. The second-order valence-corrected chi connectivity index (χ2v) is 6.10. The van der Waals surface area contributed by atoms with Gasteiger partial charge in [-0.2, -0.15) is 0 Å². The molecular weight excluding hydrogens is 253 g/mol. The van der Waals surface area contributed by atoms with Gasteiger partial charge in [-0.1, -0.05) is 11.6 Å². The Labute approximate surface area is 113 Å². The first-order chi connectivity index (χ1) is 8.19. The molecule has 0 aliphatic carbocycles. The third-order valence-corrected chi connectivity index (χ3v) is 3.84. The molecule has 0 spiro atoms. The Balaban J connectivity index is 2.12. The SMILES string of the molecule is CC1(C)OB(Cc2cc(F)cc(Cl)c2)OC1(C)C. The van der Waals surface area contributed by atoms with Gasteiger partial charge in [-0.15, -0.1) is 0 Å². The zero-order valence-corrected chi connectivity index (χ0v) is 11.8. The number of benzene rings is 1. The van der Waals surface area contributed by atoms with Crippen molar-refractivity contribution in [3.05, 3.63) is 34.6 Å². The van der Waals surface area contributed by atoms with Crippen LogP contribution < -0.4 is 0 Å². The summed E-state index contributed by atoms with van der Waals surface area (Å²) < 4.78 is 25.0. The molecule has 2 nitrogen and oxygen atoms in total. The number of hydrogen-bond donors (Lipinski definition) is 0. The van der Waals surface area contributed by atoms with Crippen LogP contribution >= 0.6 is 11.6 Å². The van der Waals surface area contributed by atoms with E-state index >= 15 is 0 Å². The Morgan fingerprint density at radius 2 is 1.67 bits per heavy atom. The van der Waals surface area contributed by atoms with E-state index in [9.17, 15) is 4.39 Å². The Morgan fingerprint density at radius 1 is 1.11 bits per heavy atom. The summed E-state index contributed by atoms with van der Waals surface area (Å²) >= 11 is 5.83. The molecule has 5 heteroatoms. The Hall–Kier alpha value is -0.575. The lowest BCUT2D eigenvalue weighted by atomic mass is 9.81. The largest absolute Gasteiger partial charge is 0.462 e. The fraction of sp³-hybridized carbons (Fsp3) is 0.538. The first-order valence-corrected chi connectivity index (χ1v) is 6.38. The summed E-state index contributed by atoms with van der Waals surface area (Å²) in [6.45, 7) is 7.97. The molecule has 0 radical (unpaired) electrons. The van der Waals surface area contributed by atoms with Crippen molar-refractivity contribution in [2.45, 2.75) is 45.2 Å². The third kappa shape index (κ3) is 2.71. The molecule has 18 heavy (non-hydrogen) atoms. The highest BCUT2D eigenvalue weighted by molar-refractivity contribution is 6.45. The van der Waals surface area contributed by atoms with Crippen LogP contribution in [0.2, 0.25) is 5.02 Å². The van der Waals surface area contributed by atoms with E-state index in [0.717, 1.165) is 5.56 Å². The van der Waals surface area contributed by atoms with Crippen LogP contribution in [0.25, 0.3) is 0 Å². The van der Waals surface area contributed by atoms with Gasteiger partial charge in [0, 0.05) is 11.3 Å². The average Bonchev–Trinajstić information content (AvgIpc) is 2.31. The van der Waals surface area contributed by atoms with Gasteiger partial charge in [-0.25, -0.2) is 4.39 Å². The van der Waals surface area contributed by atoms with Gasteiger partial charge < -0.3 is 9.31 Å². The van der Waals surface area contributed by atoms with Crippen molar-refractivity contribution < 1.29 is 13.7 Å². The molecular formula is C13H17BClFO2. The van der Waals surface area contributed by atoms with Gasteiger partial charge in [0.1, 0.15) is 5.82 Å². The van der Waals surface area contributed by atoms with Crippen molar-refractivity contribution in [3.63, 3.8) is 0 Å². The molecule has 0 atom stereocenters. The predicted molar refractivity (Wildman–Crippen MR) is 71.2 cm³/mol. The van der Waals surface area contributed by atoms with Gasteiger partial charge in [0.05, 0.1) is 11.2 Å². The standard InChI is InChI=1S/C13H17BClFO2/c1-12(2)13(3,4)18-14(17-12)8-9-5-10(15)7-11(16)6-9/h5-7H,8H2,1-4H3. The summed E-state index contributed by atoms with van der Waals surface area (Å²) in [4.78, 5) is 0. The summed E-state index contributed by atoms with van der Waals surface area (Å²) in [5, 5.41) is 0.390. The van der Waals surface area contributed by atoms with E-state index < -0.39 is 0 Å². The molecule has 0 bridgehead atoms. The summed E-state index contributed by atoms with van der Waals surface area (Å²) in [5.74, 6) is -0.339. The highest BCUT2D eigenvalue weighted by Gasteiger charge is 2.50. The lowest BCUT2D eigenvalue weighted by molar-refractivity contribution is 0.00578. The summed E-state index contributed by atoms with van der Waals surface area (Å²) in [5.41, 5.74) is 0.0438. The first kappa shape index (κ1) is 13.8. The molecule has 2 rings (SSSR count). The molecule has 0 saturated carbocycles. The van der Waals surface area contributed by atoms with Crippen molar-refractivity contribution in [3.8, 4) is 0 Å². The predicted octanol–water partition coefficient (Wildman–Crippen LogP) is 3.65. The molecule has 98 valence electrons. The Bertz CT molecular complexity index is 426. The second kappa shape index (κ2) is 4.51. The lowest BCUT2D eigenvalue weighted by Gasteiger charge is -2.32.